The summed E-state index contributed by atoms with van der Waals surface area (Å²) in [6.07, 6.45) is 3.35. The lowest BCUT2D eigenvalue weighted by atomic mass is 10.3. The highest BCUT2D eigenvalue weighted by atomic mass is 32.1. The SMILES string of the molecule is CN(C(=O)c1cccs1)c1ccncc1. The Morgan fingerprint density at radius 2 is 2.07 bits per heavy atom. The molecule has 15 heavy (non-hydrogen) atoms. The van der Waals surface area contributed by atoms with Crippen LogP contribution in [-0.4, -0.2) is 17.9 Å². The van der Waals surface area contributed by atoms with Gasteiger partial charge in [-0.2, -0.15) is 0 Å². The highest BCUT2D eigenvalue weighted by molar-refractivity contribution is 7.12. The summed E-state index contributed by atoms with van der Waals surface area (Å²) in [5.41, 5.74) is 0.850. The molecule has 0 atom stereocenters. The number of hydrogen-bond donors (Lipinski definition) is 0. The molecule has 0 bridgehead atoms. The average molecular weight is 218 g/mol. The number of carbonyl (C=O) groups is 1. The topological polar surface area (TPSA) is 33.2 Å². The Labute approximate surface area is 92.0 Å². The number of nitrogens with zero attached hydrogens (tertiary/aromatic N) is 2. The first kappa shape index (κ1) is 9.86. The van der Waals surface area contributed by atoms with Crippen LogP contribution >= 0.6 is 11.3 Å². The molecule has 4 heteroatoms. The normalized spacial score (nSPS) is 9.93. The van der Waals surface area contributed by atoms with E-state index in [-0.39, 0.29) is 5.91 Å². The summed E-state index contributed by atoms with van der Waals surface area (Å²) in [7, 11) is 1.76. The van der Waals surface area contributed by atoms with E-state index < -0.39 is 0 Å². The Balaban J connectivity index is 2.23. The Morgan fingerprint density at radius 3 is 2.67 bits per heavy atom. The van der Waals surface area contributed by atoms with E-state index in [2.05, 4.69) is 4.98 Å². The van der Waals surface area contributed by atoms with Crippen molar-refractivity contribution < 1.29 is 4.79 Å². The predicted octanol–water partition coefficient (Wildman–Crippen LogP) is 2.42. The molecule has 1 amide bonds. The van der Waals surface area contributed by atoms with Gasteiger partial charge in [-0.25, -0.2) is 0 Å². The van der Waals surface area contributed by atoms with Gasteiger partial charge in [0.05, 0.1) is 4.88 Å². The fourth-order valence-corrected chi connectivity index (χ4v) is 1.95. The molecule has 0 aliphatic heterocycles. The van der Waals surface area contributed by atoms with Crippen LogP contribution in [0.5, 0.6) is 0 Å². The fraction of sp³-hybridized carbons (Fsp3) is 0.0909. The molecule has 0 spiro atoms. The van der Waals surface area contributed by atoms with Crippen molar-refractivity contribution in [1.29, 1.82) is 0 Å². The molecule has 3 nitrogen and oxygen atoms in total. The molecule has 0 aromatic carbocycles. The van der Waals surface area contributed by atoms with E-state index in [9.17, 15) is 4.79 Å². The van der Waals surface area contributed by atoms with E-state index in [1.165, 1.54) is 11.3 Å². The molecule has 2 aromatic rings. The molecule has 0 N–H and O–H groups in total. The van der Waals surface area contributed by atoms with Gasteiger partial charge >= 0.3 is 0 Å². The molecule has 2 heterocycles. The second-order valence-electron chi connectivity index (χ2n) is 3.05. The van der Waals surface area contributed by atoms with E-state index in [0.29, 0.717) is 0 Å². The minimum Gasteiger partial charge on any atom is -0.311 e. The molecule has 0 saturated carbocycles. The van der Waals surface area contributed by atoms with Crippen LogP contribution in [0, 0.1) is 0 Å². The van der Waals surface area contributed by atoms with Crippen molar-refractivity contribution in [1.82, 2.24) is 4.98 Å². The Kier molecular flexibility index (Phi) is 2.78. The van der Waals surface area contributed by atoms with Crippen LogP contribution in [0.25, 0.3) is 0 Å². The molecule has 0 unspecified atom stereocenters. The van der Waals surface area contributed by atoms with Gasteiger partial charge in [0.1, 0.15) is 0 Å². The quantitative estimate of drug-likeness (QED) is 0.775. The maximum absolute atomic E-state index is 11.9. The van der Waals surface area contributed by atoms with E-state index in [1.807, 2.05) is 29.6 Å². The highest BCUT2D eigenvalue weighted by Crippen LogP contribution is 2.16. The lowest BCUT2D eigenvalue weighted by molar-refractivity contribution is 0.0997. The van der Waals surface area contributed by atoms with Crippen LogP contribution in [0.2, 0.25) is 0 Å². The zero-order chi connectivity index (χ0) is 10.7. The van der Waals surface area contributed by atoms with Gasteiger partial charge in [0, 0.05) is 25.1 Å². The summed E-state index contributed by atoms with van der Waals surface area (Å²) in [6.45, 7) is 0. The zero-order valence-electron chi connectivity index (χ0n) is 8.25. The van der Waals surface area contributed by atoms with Crippen molar-refractivity contribution in [3.63, 3.8) is 0 Å². The zero-order valence-corrected chi connectivity index (χ0v) is 9.07. The maximum atomic E-state index is 11.9. The monoisotopic (exact) mass is 218 g/mol. The predicted molar refractivity (Wildman–Crippen MR) is 61.3 cm³/mol. The van der Waals surface area contributed by atoms with Gasteiger partial charge in [-0.3, -0.25) is 9.78 Å². The smallest absolute Gasteiger partial charge is 0.268 e. The Bertz CT molecular complexity index is 439. The standard InChI is InChI=1S/C11H10N2OS/c1-13(9-4-6-12-7-5-9)11(14)10-3-2-8-15-10/h2-8H,1H3. The summed E-state index contributed by atoms with van der Waals surface area (Å²) >= 11 is 1.45. The molecule has 0 radical (unpaired) electrons. The molecular weight excluding hydrogens is 208 g/mol. The lowest BCUT2D eigenvalue weighted by Gasteiger charge is -2.15. The second-order valence-corrected chi connectivity index (χ2v) is 3.99. The van der Waals surface area contributed by atoms with Gasteiger partial charge in [0.25, 0.3) is 5.91 Å². The van der Waals surface area contributed by atoms with Gasteiger partial charge in [-0.1, -0.05) is 6.07 Å². The van der Waals surface area contributed by atoms with Crippen LogP contribution in [-0.2, 0) is 0 Å². The third kappa shape index (κ3) is 2.05. The minimum atomic E-state index is 0.0104. The van der Waals surface area contributed by atoms with Gasteiger partial charge in [0.2, 0.25) is 0 Å². The van der Waals surface area contributed by atoms with E-state index in [0.717, 1.165) is 10.6 Å². The number of anilines is 1. The van der Waals surface area contributed by atoms with Crippen LogP contribution in [0.4, 0.5) is 5.69 Å². The van der Waals surface area contributed by atoms with Gasteiger partial charge in [-0.15, -0.1) is 11.3 Å². The number of amides is 1. The number of thiophene rings is 1. The Morgan fingerprint density at radius 1 is 1.33 bits per heavy atom. The average Bonchev–Trinajstić information content (AvgIpc) is 2.82. The van der Waals surface area contributed by atoms with Crippen LogP contribution in [0.1, 0.15) is 9.67 Å². The molecule has 0 aliphatic rings. The summed E-state index contributed by atoms with van der Waals surface area (Å²) in [5, 5.41) is 1.90. The summed E-state index contributed by atoms with van der Waals surface area (Å²) < 4.78 is 0. The van der Waals surface area contributed by atoms with Gasteiger partial charge in [0.15, 0.2) is 0 Å². The van der Waals surface area contributed by atoms with Crippen molar-refractivity contribution in [3.8, 4) is 0 Å². The van der Waals surface area contributed by atoms with E-state index >= 15 is 0 Å². The number of carbonyl (C=O) groups excluding carboxylic acids is 1. The van der Waals surface area contributed by atoms with Crippen molar-refractivity contribution in [2.75, 3.05) is 11.9 Å². The molecule has 0 saturated heterocycles. The molecule has 0 fully saturated rings. The first-order valence-electron chi connectivity index (χ1n) is 4.50. The first-order chi connectivity index (χ1) is 7.29. The van der Waals surface area contributed by atoms with Crippen molar-refractivity contribution >= 4 is 22.9 Å². The third-order valence-corrected chi connectivity index (χ3v) is 2.94. The first-order valence-corrected chi connectivity index (χ1v) is 5.38. The highest BCUT2D eigenvalue weighted by Gasteiger charge is 2.13. The Hall–Kier alpha value is -1.68. The summed E-state index contributed by atoms with van der Waals surface area (Å²) in [5.74, 6) is 0.0104. The number of rotatable bonds is 2. The summed E-state index contributed by atoms with van der Waals surface area (Å²) in [4.78, 5) is 18.2. The number of hydrogen-bond acceptors (Lipinski definition) is 3. The van der Waals surface area contributed by atoms with Crippen molar-refractivity contribution in [2.24, 2.45) is 0 Å². The van der Waals surface area contributed by atoms with Gasteiger partial charge in [-0.05, 0) is 23.6 Å². The van der Waals surface area contributed by atoms with Crippen LogP contribution in [0.3, 0.4) is 0 Å². The van der Waals surface area contributed by atoms with Crippen molar-refractivity contribution in [3.05, 3.63) is 46.9 Å². The molecule has 2 rings (SSSR count). The summed E-state index contributed by atoms with van der Waals surface area (Å²) in [6, 6.07) is 7.32. The largest absolute Gasteiger partial charge is 0.311 e. The molecule has 0 aliphatic carbocycles. The second kappa shape index (κ2) is 4.23. The number of aromatic nitrogens is 1. The van der Waals surface area contributed by atoms with E-state index in [4.69, 9.17) is 0 Å². The minimum absolute atomic E-state index is 0.0104. The molecular formula is C11H10N2OS. The van der Waals surface area contributed by atoms with Crippen molar-refractivity contribution in [2.45, 2.75) is 0 Å². The lowest BCUT2D eigenvalue weighted by Crippen LogP contribution is -2.25. The van der Waals surface area contributed by atoms with Crippen LogP contribution in [0.15, 0.2) is 42.0 Å². The van der Waals surface area contributed by atoms with Crippen LogP contribution < -0.4 is 4.90 Å². The number of pyridine rings is 1. The third-order valence-electron chi connectivity index (χ3n) is 2.09. The molecule has 2 aromatic heterocycles. The molecule has 76 valence electrons. The van der Waals surface area contributed by atoms with Gasteiger partial charge < -0.3 is 4.90 Å². The maximum Gasteiger partial charge on any atom is 0.268 e. The van der Waals surface area contributed by atoms with E-state index in [1.54, 1.807) is 24.3 Å². The fourth-order valence-electron chi connectivity index (χ4n) is 1.25.